The molecule has 1 aromatic carbocycles. The maximum absolute atomic E-state index is 3.56. The van der Waals surface area contributed by atoms with E-state index in [0.717, 1.165) is 25.6 Å². The summed E-state index contributed by atoms with van der Waals surface area (Å²) in [5, 5.41) is 3.56. The van der Waals surface area contributed by atoms with E-state index in [1.807, 2.05) is 0 Å². The van der Waals surface area contributed by atoms with Crippen molar-refractivity contribution in [1.82, 2.24) is 10.2 Å². The van der Waals surface area contributed by atoms with Crippen LogP contribution in [0.15, 0.2) is 24.3 Å². The van der Waals surface area contributed by atoms with Crippen molar-refractivity contribution in [2.45, 2.75) is 25.9 Å². The van der Waals surface area contributed by atoms with Gasteiger partial charge in [0.05, 0.1) is 0 Å². The third-order valence-electron chi connectivity index (χ3n) is 3.64. The molecule has 2 nitrogen and oxygen atoms in total. The first-order valence-corrected chi connectivity index (χ1v) is 6.41. The van der Waals surface area contributed by atoms with E-state index in [1.165, 1.54) is 37.1 Å². The van der Waals surface area contributed by atoms with Gasteiger partial charge in [-0.3, -0.25) is 4.90 Å². The van der Waals surface area contributed by atoms with E-state index >= 15 is 0 Å². The van der Waals surface area contributed by atoms with E-state index in [1.54, 1.807) is 0 Å². The standard InChI is InChI=1S/C14H20N2/c1-2-4-14-11-16(10-13(14)3-1)8-7-15-9-12-5-6-12/h1-4,12,15H,5-11H2. The fourth-order valence-electron chi connectivity index (χ4n) is 2.43. The largest absolute Gasteiger partial charge is 0.315 e. The van der Waals surface area contributed by atoms with Gasteiger partial charge < -0.3 is 5.32 Å². The Hall–Kier alpha value is -0.860. The zero-order chi connectivity index (χ0) is 10.8. The van der Waals surface area contributed by atoms with Crippen molar-refractivity contribution >= 4 is 0 Å². The summed E-state index contributed by atoms with van der Waals surface area (Å²) < 4.78 is 0. The number of nitrogens with one attached hydrogen (secondary N) is 1. The molecule has 0 amide bonds. The molecule has 16 heavy (non-hydrogen) atoms. The molecule has 1 aromatic rings. The number of fused-ring (bicyclic) bond motifs is 1. The van der Waals surface area contributed by atoms with Gasteiger partial charge in [-0.25, -0.2) is 0 Å². The topological polar surface area (TPSA) is 15.3 Å². The highest BCUT2D eigenvalue weighted by molar-refractivity contribution is 5.30. The van der Waals surface area contributed by atoms with E-state index in [2.05, 4.69) is 34.5 Å². The highest BCUT2D eigenvalue weighted by Crippen LogP contribution is 2.27. The van der Waals surface area contributed by atoms with Gasteiger partial charge in [0, 0.05) is 26.2 Å². The summed E-state index contributed by atoms with van der Waals surface area (Å²) in [6, 6.07) is 8.81. The fraction of sp³-hybridized carbons (Fsp3) is 0.571. The fourth-order valence-corrected chi connectivity index (χ4v) is 2.43. The maximum atomic E-state index is 3.56. The van der Waals surface area contributed by atoms with E-state index in [4.69, 9.17) is 0 Å². The maximum Gasteiger partial charge on any atom is 0.0241 e. The van der Waals surface area contributed by atoms with Gasteiger partial charge in [0.25, 0.3) is 0 Å². The molecule has 1 fully saturated rings. The second-order valence-corrected chi connectivity index (χ2v) is 5.13. The molecule has 0 atom stereocenters. The van der Waals surface area contributed by atoms with Crippen LogP contribution in [-0.2, 0) is 13.1 Å². The van der Waals surface area contributed by atoms with Crippen LogP contribution in [0.2, 0.25) is 0 Å². The number of hydrogen-bond donors (Lipinski definition) is 1. The zero-order valence-electron chi connectivity index (χ0n) is 9.78. The molecular weight excluding hydrogens is 196 g/mol. The Balaban J connectivity index is 1.41. The van der Waals surface area contributed by atoms with Crippen molar-refractivity contribution in [2.75, 3.05) is 19.6 Å². The summed E-state index contributed by atoms with van der Waals surface area (Å²) in [7, 11) is 0. The molecule has 2 aliphatic rings. The monoisotopic (exact) mass is 216 g/mol. The molecule has 3 rings (SSSR count). The molecule has 1 heterocycles. The molecule has 0 unspecified atom stereocenters. The second kappa shape index (κ2) is 4.56. The lowest BCUT2D eigenvalue weighted by Gasteiger charge is -2.14. The Bertz CT molecular complexity index is 333. The summed E-state index contributed by atoms with van der Waals surface area (Å²) in [5.74, 6) is 0.996. The van der Waals surface area contributed by atoms with Gasteiger partial charge in [-0.15, -0.1) is 0 Å². The first kappa shape index (κ1) is 10.3. The lowest BCUT2D eigenvalue weighted by molar-refractivity contribution is 0.283. The lowest BCUT2D eigenvalue weighted by Crippen LogP contribution is -2.29. The summed E-state index contributed by atoms with van der Waals surface area (Å²) in [6.07, 6.45) is 2.89. The molecule has 0 bridgehead atoms. The molecule has 0 spiro atoms. The average Bonchev–Trinajstić information content (AvgIpc) is 3.03. The van der Waals surface area contributed by atoms with Gasteiger partial charge in [-0.2, -0.15) is 0 Å². The van der Waals surface area contributed by atoms with Gasteiger partial charge in [-0.1, -0.05) is 24.3 Å². The molecule has 1 aliphatic carbocycles. The first-order valence-electron chi connectivity index (χ1n) is 6.41. The van der Waals surface area contributed by atoms with E-state index in [0.29, 0.717) is 0 Å². The van der Waals surface area contributed by atoms with E-state index in [-0.39, 0.29) is 0 Å². The van der Waals surface area contributed by atoms with Crippen molar-refractivity contribution in [3.63, 3.8) is 0 Å². The Kier molecular flexibility index (Phi) is 2.94. The van der Waals surface area contributed by atoms with E-state index < -0.39 is 0 Å². The third kappa shape index (κ3) is 2.45. The normalized spacial score (nSPS) is 20.0. The molecule has 0 saturated heterocycles. The van der Waals surface area contributed by atoms with Crippen molar-refractivity contribution in [2.24, 2.45) is 5.92 Å². The number of nitrogens with zero attached hydrogens (tertiary/aromatic N) is 1. The van der Waals surface area contributed by atoms with Crippen molar-refractivity contribution in [1.29, 1.82) is 0 Å². The minimum Gasteiger partial charge on any atom is -0.315 e. The predicted octanol–water partition coefficient (Wildman–Crippen LogP) is 2.00. The summed E-state index contributed by atoms with van der Waals surface area (Å²) in [6.45, 7) is 5.84. The van der Waals surface area contributed by atoms with Gasteiger partial charge >= 0.3 is 0 Å². The van der Waals surface area contributed by atoms with Crippen LogP contribution in [0.1, 0.15) is 24.0 Å². The molecular formula is C14H20N2. The van der Waals surface area contributed by atoms with Crippen molar-refractivity contribution in [3.05, 3.63) is 35.4 Å². The van der Waals surface area contributed by atoms with Gasteiger partial charge in [-0.05, 0) is 36.4 Å². The minimum atomic E-state index is 0.996. The van der Waals surface area contributed by atoms with Crippen LogP contribution < -0.4 is 5.32 Å². The van der Waals surface area contributed by atoms with Gasteiger partial charge in [0.2, 0.25) is 0 Å². The smallest absolute Gasteiger partial charge is 0.0241 e. The Morgan fingerprint density at radius 1 is 1.12 bits per heavy atom. The highest BCUT2D eigenvalue weighted by Gasteiger charge is 2.21. The minimum absolute atomic E-state index is 0.996. The quantitative estimate of drug-likeness (QED) is 0.757. The summed E-state index contributed by atoms with van der Waals surface area (Å²) >= 11 is 0. The van der Waals surface area contributed by atoms with Gasteiger partial charge in [0.1, 0.15) is 0 Å². The Morgan fingerprint density at radius 3 is 2.44 bits per heavy atom. The zero-order valence-corrected chi connectivity index (χ0v) is 9.78. The number of benzene rings is 1. The SMILES string of the molecule is c1ccc2c(c1)CN(CCNCC1CC1)C2. The van der Waals surface area contributed by atoms with E-state index in [9.17, 15) is 0 Å². The molecule has 0 radical (unpaired) electrons. The average molecular weight is 216 g/mol. The van der Waals surface area contributed by atoms with Gasteiger partial charge in [0.15, 0.2) is 0 Å². The summed E-state index contributed by atoms with van der Waals surface area (Å²) in [5.41, 5.74) is 3.04. The first-order chi connectivity index (χ1) is 7.92. The Morgan fingerprint density at radius 2 is 1.81 bits per heavy atom. The predicted molar refractivity (Wildman–Crippen MR) is 66.1 cm³/mol. The van der Waals surface area contributed by atoms with Crippen LogP contribution in [0.4, 0.5) is 0 Å². The number of rotatable bonds is 5. The van der Waals surface area contributed by atoms with Crippen LogP contribution in [0.3, 0.4) is 0 Å². The van der Waals surface area contributed by atoms with Crippen LogP contribution in [0, 0.1) is 5.92 Å². The molecule has 1 saturated carbocycles. The van der Waals surface area contributed by atoms with Crippen molar-refractivity contribution in [3.8, 4) is 0 Å². The molecule has 0 aromatic heterocycles. The van der Waals surface area contributed by atoms with Crippen LogP contribution >= 0.6 is 0 Å². The van der Waals surface area contributed by atoms with Crippen LogP contribution in [-0.4, -0.2) is 24.5 Å². The summed E-state index contributed by atoms with van der Waals surface area (Å²) in [4.78, 5) is 2.53. The molecule has 86 valence electrons. The lowest BCUT2D eigenvalue weighted by atomic mass is 10.1. The van der Waals surface area contributed by atoms with Crippen molar-refractivity contribution < 1.29 is 0 Å². The molecule has 1 aliphatic heterocycles. The third-order valence-corrected chi connectivity index (χ3v) is 3.64. The molecule has 1 N–H and O–H groups in total. The number of hydrogen-bond acceptors (Lipinski definition) is 2. The van der Waals surface area contributed by atoms with Crippen LogP contribution in [0.25, 0.3) is 0 Å². The highest BCUT2D eigenvalue weighted by atomic mass is 15.2. The van der Waals surface area contributed by atoms with Crippen LogP contribution in [0.5, 0.6) is 0 Å². The second-order valence-electron chi connectivity index (χ2n) is 5.13. The Labute approximate surface area is 97.6 Å². The molecule has 2 heteroatoms.